The lowest BCUT2D eigenvalue weighted by Gasteiger charge is -2.16. The number of carbonyl (C=O) groups excluding carboxylic acids is 1. The summed E-state index contributed by atoms with van der Waals surface area (Å²) >= 11 is 0. The quantitative estimate of drug-likeness (QED) is 0.593. The molecule has 1 aliphatic carbocycles. The molecular weight excluding hydrogens is 354 g/mol. The molecule has 0 unspecified atom stereocenters. The Morgan fingerprint density at radius 1 is 1.27 bits per heavy atom. The van der Waals surface area contributed by atoms with E-state index in [0.717, 1.165) is 12.1 Å². The summed E-state index contributed by atoms with van der Waals surface area (Å²) in [5.74, 6) is 0.750. The van der Waals surface area contributed by atoms with Crippen molar-refractivity contribution in [2.24, 2.45) is 7.05 Å². The molecule has 144 valence electrons. The lowest BCUT2D eigenvalue weighted by atomic mass is 10.1. The van der Waals surface area contributed by atoms with Gasteiger partial charge in [-0.2, -0.15) is 5.10 Å². The molecule has 1 fully saturated rings. The highest BCUT2D eigenvalue weighted by atomic mass is 35.5. The average Bonchev–Trinajstić information content (AvgIpc) is 3.09. The van der Waals surface area contributed by atoms with Crippen LogP contribution in [0.1, 0.15) is 54.8 Å². The molecule has 0 aromatic carbocycles. The number of nitrogens with zero attached hydrogens (tertiary/aromatic N) is 3. The Balaban J connectivity index is 0.00000243. The second-order valence-electron chi connectivity index (χ2n) is 6.73. The SMILES string of the molecule is Cc1oc(-c2cnn(C)c2)nc1C(=O)NCCNC1CCCCCC1.Cl. The van der Waals surface area contributed by atoms with Gasteiger partial charge in [0, 0.05) is 32.4 Å². The minimum atomic E-state index is -0.195. The van der Waals surface area contributed by atoms with E-state index in [1.807, 2.05) is 13.2 Å². The van der Waals surface area contributed by atoms with Gasteiger partial charge in [0.25, 0.3) is 5.91 Å². The molecule has 7 nitrogen and oxygen atoms in total. The monoisotopic (exact) mass is 381 g/mol. The Labute approximate surface area is 160 Å². The summed E-state index contributed by atoms with van der Waals surface area (Å²) < 4.78 is 7.28. The first-order valence-corrected chi connectivity index (χ1v) is 9.11. The Kier molecular flexibility index (Phi) is 7.66. The van der Waals surface area contributed by atoms with Gasteiger partial charge in [-0.25, -0.2) is 4.98 Å². The summed E-state index contributed by atoms with van der Waals surface area (Å²) in [5.41, 5.74) is 1.10. The Bertz CT molecular complexity index is 704. The molecule has 2 aromatic rings. The fraction of sp³-hybridized carbons (Fsp3) is 0.611. The highest BCUT2D eigenvalue weighted by Crippen LogP contribution is 2.21. The molecule has 3 rings (SSSR count). The average molecular weight is 382 g/mol. The number of hydrogen-bond acceptors (Lipinski definition) is 5. The van der Waals surface area contributed by atoms with Crippen LogP contribution in [-0.2, 0) is 7.05 Å². The first-order chi connectivity index (χ1) is 12.1. The maximum Gasteiger partial charge on any atom is 0.273 e. The van der Waals surface area contributed by atoms with Crippen LogP contribution in [0.2, 0.25) is 0 Å². The van der Waals surface area contributed by atoms with Gasteiger partial charge in [-0.05, 0) is 19.8 Å². The molecule has 0 bridgehead atoms. The van der Waals surface area contributed by atoms with Gasteiger partial charge in [0.05, 0.1) is 11.8 Å². The lowest BCUT2D eigenvalue weighted by molar-refractivity contribution is 0.0947. The molecule has 1 saturated carbocycles. The van der Waals surface area contributed by atoms with E-state index in [1.165, 1.54) is 38.5 Å². The summed E-state index contributed by atoms with van der Waals surface area (Å²) in [6.07, 6.45) is 11.3. The summed E-state index contributed by atoms with van der Waals surface area (Å²) in [7, 11) is 1.83. The minimum Gasteiger partial charge on any atom is -0.440 e. The second kappa shape index (κ2) is 9.73. The van der Waals surface area contributed by atoms with E-state index in [2.05, 4.69) is 20.7 Å². The summed E-state index contributed by atoms with van der Waals surface area (Å²) in [6.45, 7) is 3.12. The maximum atomic E-state index is 12.3. The van der Waals surface area contributed by atoms with Crippen LogP contribution in [0.5, 0.6) is 0 Å². The Morgan fingerprint density at radius 2 is 2.00 bits per heavy atom. The van der Waals surface area contributed by atoms with Gasteiger partial charge in [-0.3, -0.25) is 9.48 Å². The number of carbonyl (C=O) groups is 1. The molecule has 2 aromatic heterocycles. The predicted octanol–water partition coefficient (Wildman–Crippen LogP) is 2.85. The lowest BCUT2D eigenvalue weighted by Crippen LogP contribution is -2.37. The number of aryl methyl sites for hydroxylation is 2. The number of halogens is 1. The number of hydrogen-bond donors (Lipinski definition) is 2. The third-order valence-corrected chi connectivity index (χ3v) is 4.66. The third-order valence-electron chi connectivity index (χ3n) is 4.66. The van der Waals surface area contributed by atoms with E-state index >= 15 is 0 Å². The number of rotatable bonds is 6. The Hall–Kier alpha value is -1.86. The normalized spacial score (nSPS) is 15.3. The minimum absolute atomic E-state index is 0. The van der Waals surface area contributed by atoms with Gasteiger partial charge in [0.2, 0.25) is 5.89 Å². The fourth-order valence-electron chi connectivity index (χ4n) is 3.28. The van der Waals surface area contributed by atoms with E-state index < -0.39 is 0 Å². The van der Waals surface area contributed by atoms with E-state index in [9.17, 15) is 4.79 Å². The van der Waals surface area contributed by atoms with Crippen LogP contribution in [0.3, 0.4) is 0 Å². The van der Waals surface area contributed by atoms with Crippen molar-refractivity contribution >= 4 is 18.3 Å². The van der Waals surface area contributed by atoms with Gasteiger partial charge in [0.1, 0.15) is 5.76 Å². The molecule has 0 radical (unpaired) electrons. The van der Waals surface area contributed by atoms with Crippen LogP contribution < -0.4 is 10.6 Å². The van der Waals surface area contributed by atoms with Crippen molar-refractivity contribution in [1.29, 1.82) is 0 Å². The van der Waals surface area contributed by atoms with Crippen LogP contribution in [0, 0.1) is 6.92 Å². The highest BCUT2D eigenvalue weighted by Gasteiger charge is 2.18. The van der Waals surface area contributed by atoms with Crippen molar-refractivity contribution in [3.8, 4) is 11.5 Å². The summed E-state index contributed by atoms with van der Waals surface area (Å²) in [4.78, 5) is 16.7. The van der Waals surface area contributed by atoms with Crippen molar-refractivity contribution < 1.29 is 9.21 Å². The van der Waals surface area contributed by atoms with E-state index in [4.69, 9.17) is 4.42 Å². The smallest absolute Gasteiger partial charge is 0.273 e. The molecule has 26 heavy (non-hydrogen) atoms. The van der Waals surface area contributed by atoms with E-state index in [1.54, 1.807) is 17.8 Å². The number of oxazole rings is 1. The summed E-state index contributed by atoms with van der Waals surface area (Å²) in [5, 5.41) is 10.6. The van der Waals surface area contributed by atoms with Crippen LogP contribution in [0.25, 0.3) is 11.5 Å². The zero-order valence-electron chi connectivity index (χ0n) is 15.5. The molecule has 0 atom stereocenters. The van der Waals surface area contributed by atoms with Crippen molar-refractivity contribution in [3.63, 3.8) is 0 Å². The van der Waals surface area contributed by atoms with Crippen molar-refractivity contribution in [1.82, 2.24) is 25.4 Å². The maximum absolute atomic E-state index is 12.3. The number of nitrogens with one attached hydrogen (secondary N) is 2. The van der Waals surface area contributed by atoms with E-state index in [-0.39, 0.29) is 18.3 Å². The molecular formula is C18H28ClN5O2. The molecule has 0 aliphatic heterocycles. The molecule has 0 spiro atoms. The second-order valence-corrected chi connectivity index (χ2v) is 6.73. The molecule has 8 heteroatoms. The van der Waals surface area contributed by atoms with Gasteiger partial charge < -0.3 is 15.1 Å². The topological polar surface area (TPSA) is 85.0 Å². The molecule has 0 saturated heterocycles. The molecule has 2 heterocycles. The van der Waals surface area contributed by atoms with Gasteiger partial charge in [-0.15, -0.1) is 12.4 Å². The first-order valence-electron chi connectivity index (χ1n) is 9.11. The standard InChI is InChI=1S/C18H27N5O2.ClH/c1-13-16(22-18(25-13)14-11-21-23(2)12-14)17(24)20-10-9-19-15-7-5-3-4-6-8-15;/h11-12,15,19H,3-10H2,1-2H3,(H,20,24);1H. The van der Waals surface area contributed by atoms with E-state index in [0.29, 0.717) is 29.9 Å². The molecule has 1 amide bonds. The summed E-state index contributed by atoms with van der Waals surface area (Å²) in [6, 6.07) is 0.588. The number of amides is 1. The first kappa shape index (κ1) is 20.5. The largest absolute Gasteiger partial charge is 0.440 e. The van der Waals surface area contributed by atoms with Gasteiger partial charge in [-0.1, -0.05) is 25.7 Å². The van der Waals surface area contributed by atoms with Gasteiger partial charge in [0.15, 0.2) is 5.69 Å². The van der Waals surface area contributed by atoms with Gasteiger partial charge >= 0.3 is 0 Å². The Morgan fingerprint density at radius 3 is 2.65 bits per heavy atom. The van der Waals surface area contributed by atoms with Crippen molar-refractivity contribution in [3.05, 3.63) is 23.8 Å². The van der Waals surface area contributed by atoms with Crippen LogP contribution in [-0.4, -0.2) is 39.8 Å². The fourth-order valence-corrected chi connectivity index (χ4v) is 3.28. The third kappa shape index (κ3) is 5.32. The van der Waals surface area contributed by atoms with Crippen LogP contribution in [0.4, 0.5) is 0 Å². The zero-order chi connectivity index (χ0) is 17.6. The highest BCUT2D eigenvalue weighted by molar-refractivity contribution is 5.93. The predicted molar refractivity (Wildman–Crippen MR) is 103 cm³/mol. The molecule has 1 aliphatic rings. The molecule has 2 N–H and O–H groups in total. The zero-order valence-corrected chi connectivity index (χ0v) is 16.3. The van der Waals surface area contributed by atoms with Crippen LogP contribution in [0.15, 0.2) is 16.8 Å². The van der Waals surface area contributed by atoms with Crippen molar-refractivity contribution in [2.45, 2.75) is 51.5 Å². The number of aromatic nitrogens is 3. The van der Waals surface area contributed by atoms with Crippen LogP contribution >= 0.6 is 12.4 Å². The van der Waals surface area contributed by atoms with Crippen molar-refractivity contribution in [2.75, 3.05) is 13.1 Å².